The molecule has 0 saturated carbocycles. The summed E-state index contributed by atoms with van der Waals surface area (Å²) in [6.07, 6.45) is 5.46. The number of amides is 1. The minimum atomic E-state index is -0.196. The maximum absolute atomic E-state index is 12.7. The number of aryl methyl sites for hydroxylation is 1. The molecule has 4 nitrogen and oxygen atoms in total. The normalized spacial score (nSPS) is 15.4. The van der Waals surface area contributed by atoms with Gasteiger partial charge in [-0.25, -0.2) is 9.97 Å². The van der Waals surface area contributed by atoms with Gasteiger partial charge in [0.1, 0.15) is 0 Å². The number of anilines is 1. The number of nitrogens with zero attached hydrogens (tertiary/aromatic N) is 3. The molecular formula is C16H17N3OS. The van der Waals surface area contributed by atoms with Gasteiger partial charge in [0.05, 0.1) is 5.25 Å². The molecule has 0 saturated heterocycles. The number of rotatable bonds is 3. The maximum Gasteiger partial charge on any atom is 0.240 e. The standard InChI is InChI=1S/C16H17N3OS/c1-12(21-16-17-9-5-10-18-16)15(20)19-11-4-7-13-6-2-3-8-14(13)19/h2-3,5-6,8-10,12H,4,7,11H2,1H3/t12-/m0/s1. The zero-order valence-electron chi connectivity index (χ0n) is 11.9. The van der Waals surface area contributed by atoms with Crippen LogP contribution in [0, 0.1) is 0 Å². The number of para-hydroxylation sites is 1. The van der Waals surface area contributed by atoms with Crippen LogP contribution in [-0.2, 0) is 11.2 Å². The number of hydrogen-bond donors (Lipinski definition) is 0. The second kappa shape index (κ2) is 6.26. The van der Waals surface area contributed by atoms with Crippen molar-refractivity contribution in [1.82, 2.24) is 9.97 Å². The number of hydrogen-bond acceptors (Lipinski definition) is 4. The van der Waals surface area contributed by atoms with Crippen LogP contribution < -0.4 is 4.90 Å². The van der Waals surface area contributed by atoms with Gasteiger partial charge in [-0.2, -0.15) is 0 Å². The van der Waals surface area contributed by atoms with E-state index in [0.717, 1.165) is 25.1 Å². The van der Waals surface area contributed by atoms with Crippen molar-refractivity contribution in [2.45, 2.75) is 30.2 Å². The first-order valence-electron chi connectivity index (χ1n) is 7.08. The Kier molecular flexibility index (Phi) is 4.20. The van der Waals surface area contributed by atoms with Gasteiger partial charge in [0.15, 0.2) is 5.16 Å². The predicted octanol–water partition coefficient (Wildman–Crippen LogP) is 2.94. The lowest BCUT2D eigenvalue weighted by Crippen LogP contribution is -2.40. The second-order valence-electron chi connectivity index (χ2n) is 5.01. The maximum atomic E-state index is 12.7. The van der Waals surface area contributed by atoms with Gasteiger partial charge in [0.25, 0.3) is 0 Å². The molecule has 3 rings (SSSR count). The molecule has 5 heteroatoms. The third kappa shape index (κ3) is 3.08. The van der Waals surface area contributed by atoms with Crippen molar-refractivity contribution < 1.29 is 4.79 Å². The Morgan fingerprint density at radius 1 is 1.24 bits per heavy atom. The predicted molar refractivity (Wildman–Crippen MR) is 84.5 cm³/mol. The monoisotopic (exact) mass is 299 g/mol. The van der Waals surface area contributed by atoms with Crippen molar-refractivity contribution in [3.05, 3.63) is 48.3 Å². The molecule has 108 valence electrons. The average molecular weight is 299 g/mol. The van der Waals surface area contributed by atoms with Crippen LogP contribution in [0.5, 0.6) is 0 Å². The zero-order chi connectivity index (χ0) is 14.7. The van der Waals surface area contributed by atoms with Gasteiger partial charge < -0.3 is 4.90 Å². The first-order valence-corrected chi connectivity index (χ1v) is 7.96. The van der Waals surface area contributed by atoms with Crippen LogP contribution in [0.4, 0.5) is 5.69 Å². The van der Waals surface area contributed by atoms with E-state index in [0.29, 0.717) is 5.16 Å². The Morgan fingerprint density at radius 2 is 2.00 bits per heavy atom. The Labute approximate surface area is 128 Å². The van der Waals surface area contributed by atoms with E-state index < -0.39 is 0 Å². The number of carbonyl (C=O) groups excluding carboxylic acids is 1. The molecule has 0 unspecified atom stereocenters. The van der Waals surface area contributed by atoms with E-state index in [9.17, 15) is 4.79 Å². The molecule has 1 atom stereocenters. The molecule has 0 spiro atoms. The second-order valence-corrected chi connectivity index (χ2v) is 6.32. The van der Waals surface area contributed by atoms with E-state index in [1.165, 1.54) is 17.3 Å². The number of fused-ring (bicyclic) bond motifs is 1. The summed E-state index contributed by atoms with van der Waals surface area (Å²) in [6, 6.07) is 9.93. The van der Waals surface area contributed by atoms with Crippen molar-refractivity contribution in [3.63, 3.8) is 0 Å². The third-order valence-electron chi connectivity index (χ3n) is 3.55. The Morgan fingerprint density at radius 3 is 2.81 bits per heavy atom. The molecule has 2 aromatic rings. The van der Waals surface area contributed by atoms with Crippen molar-refractivity contribution >= 4 is 23.4 Å². The van der Waals surface area contributed by atoms with E-state index in [2.05, 4.69) is 16.0 Å². The van der Waals surface area contributed by atoms with Crippen LogP contribution in [0.15, 0.2) is 47.9 Å². The highest BCUT2D eigenvalue weighted by atomic mass is 32.2. The minimum Gasteiger partial charge on any atom is -0.311 e. The average Bonchev–Trinajstić information content (AvgIpc) is 2.54. The minimum absolute atomic E-state index is 0.125. The molecule has 0 radical (unpaired) electrons. The quantitative estimate of drug-likeness (QED) is 0.646. The molecule has 0 aliphatic carbocycles. The summed E-state index contributed by atoms with van der Waals surface area (Å²) in [7, 11) is 0. The van der Waals surface area contributed by atoms with Crippen LogP contribution in [0.25, 0.3) is 0 Å². The van der Waals surface area contributed by atoms with Crippen LogP contribution in [0.3, 0.4) is 0 Å². The molecule has 1 aliphatic heterocycles. The Hall–Kier alpha value is -1.88. The van der Waals surface area contributed by atoms with E-state index >= 15 is 0 Å². The first-order chi connectivity index (χ1) is 10.3. The largest absolute Gasteiger partial charge is 0.311 e. The highest BCUT2D eigenvalue weighted by molar-refractivity contribution is 8.00. The molecule has 0 N–H and O–H groups in total. The van der Waals surface area contributed by atoms with Gasteiger partial charge in [0.2, 0.25) is 5.91 Å². The van der Waals surface area contributed by atoms with Crippen molar-refractivity contribution in [3.8, 4) is 0 Å². The van der Waals surface area contributed by atoms with Gasteiger partial charge in [0, 0.05) is 24.6 Å². The van der Waals surface area contributed by atoms with E-state index in [4.69, 9.17) is 0 Å². The van der Waals surface area contributed by atoms with E-state index in [1.807, 2.05) is 30.0 Å². The molecule has 1 aromatic heterocycles. The molecule has 1 aromatic carbocycles. The summed E-state index contributed by atoms with van der Waals surface area (Å²) in [5, 5.41) is 0.446. The number of aromatic nitrogens is 2. The third-order valence-corrected chi connectivity index (χ3v) is 4.53. The van der Waals surface area contributed by atoms with Crippen LogP contribution >= 0.6 is 11.8 Å². The van der Waals surface area contributed by atoms with Gasteiger partial charge in [-0.15, -0.1) is 0 Å². The molecule has 1 aliphatic rings. The highest BCUT2D eigenvalue weighted by Crippen LogP contribution is 2.29. The van der Waals surface area contributed by atoms with Gasteiger partial charge in [-0.1, -0.05) is 30.0 Å². The number of carbonyl (C=O) groups is 1. The lowest BCUT2D eigenvalue weighted by atomic mass is 10.0. The molecule has 0 bridgehead atoms. The molecule has 1 amide bonds. The Bertz CT molecular complexity index is 632. The summed E-state index contributed by atoms with van der Waals surface area (Å²) in [4.78, 5) is 23.0. The van der Waals surface area contributed by atoms with E-state index in [1.54, 1.807) is 18.5 Å². The highest BCUT2D eigenvalue weighted by Gasteiger charge is 2.27. The summed E-state index contributed by atoms with van der Waals surface area (Å²) in [6.45, 7) is 2.71. The topological polar surface area (TPSA) is 46.1 Å². The SMILES string of the molecule is C[C@H](Sc1ncccn1)C(=O)N1CCCc2ccccc21. The lowest BCUT2D eigenvalue weighted by molar-refractivity contribution is -0.117. The molecule has 2 heterocycles. The molecular weight excluding hydrogens is 282 g/mol. The summed E-state index contributed by atoms with van der Waals surface area (Å²) < 4.78 is 0. The van der Waals surface area contributed by atoms with Gasteiger partial charge in [-0.3, -0.25) is 4.79 Å². The van der Waals surface area contributed by atoms with Crippen molar-refractivity contribution in [2.24, 2.45) is 0 Å². The first kappa shape index (κ1) is 14.1. The fourth-order valence-corrected chi connectivity index (χ4v) is 3.32. The Balaban J connectivity index is 1.77. The van der Waals surface area contributed by atoms with Crippen LogP contribution in [-0.4, -0.2) is 27.7 Å². The molecule has 21 heavy (non-hydrogen) atoms. The number of thioether (sulfide) groups is 1. The van der Waals surface area contributed by atoms with Gasteiger partial charge in [-0.05, 0) is 37.5 Å². The zero-order valence-corrected chi connectivity index (χ0v) is 12.7. The van der Waals surface area contributed by atoms with E-state index in [-0.39, 0.29) is 11.2 Å². The fourth-order valence-electron chi connectivity index (χ4n) is 2.54. The van der Waals surface area contributed by atoms with Crippen LogP contribution in [0.2, 0.25) is 0 Å². The lowest BCUT2D eigenvalue weighted by Gasteiger charge is -2.31. The van der Waals surface area contributed by atoms with Crippen molar-refractivity contribution in [2.75, 3.05) is 11.4 Å². The fraction of sp³-hybridized carbons (Fsp3) is 0.312. The van der Waals surface area contributed by atoms with Crippen molar-refractivity contribution in [1.29, 1.82) is 0 Å². The smallest absolute Gasteiger partial charge is 0.240 e. The summed E-state index contributed by atoms with van der Waals surface area (Å²) in [5.74, 6) is 0.125. The summed E-state index contributed by atoms with van der Waals surface area (Å²) >= 11 is 1.41. The van der Waals surface area contributed by atoms with Gasteiger partial charge >= 0.3 is 0 Å². The summed E-state index contributed by atoms with van der Waals surface area (Å²) in [5.41, 5.74) is 2.31. The van der Waals surface area contributed by atoms with Crippen LogP contribution in [0.1, 0.15) is 18.9 Å². The molecule has 0 fully saturated rings. The number of benzene rings is 1.